The Morgan fingerprint density at radius 3 is 2.62 bits per heavy atom. The van der Waals surface area contributed by atoms with Crippen LogP contribution < -0.4 is 10.1 Å². The minimum atomic E-state index is -3.45. The van der Waals surface area contributed by atoms with Crippen LogP contribution in [0.4, 0.5) is 0 Å². The van der Waals surface area contributed by atoms with E-state index in [1.165, 1.54) is 4.31 Å². The Labute approximate surface area is 142 Å². The molecule has 7 heteroatoms. The van der Waals surface area contributed by atoms with Gasteiger partial charge in [-0.1, -0.05) is 6.92 Å². The molecule has 2 unspecified atom stereocenters. The molecule has 0 spiro atoms. The lowest BCUT2D eigenvalue weighted by Gasteiger charge is -2.16. The number of fused-ring (bicyclic) bond motifs is 1. The van der Waals surface area contributed by atoms with E-state index in [2.05, 4.69) is 5.32 Å². The molecule has 1 saturated carbocycles. The fraction of sp³-hybridized carbons (Fsp3) is 0.588. The number of rotatable bonds is 4. The Kier molecular flexibility index (Phi) is 3.80. The van der Waals surface area contributed by atoms with Gasteiger partial charge in [-0.05, 0) is 43.9 Å². The molecule has 0 bridgehead atoms. The maximum absolute atomic E-state index is 12.7. The molecular weight excluding hydrogens is 328 g/mol. The van der Waals surface area contributed by atoms with Crippen molar-refractivity contribution < 1.29 is 17.9 Å². The predicted molar refractivity (Wildman–Crippen MR) is 88.4 cm³/mol. The lowest BCUT2D eigenvalue weighted by Crippen LogP contribution is -2.39. The van der Waals surface area contributed by atoms with Crippen LogP contribution in [0.5, 0.6) is 5.75 Å². The molecule has 3 aliphatic rings. The Morgan fingerprint density at radius 2 is 1.96 bits per heavy atom. The summed E-state index contributed by atoms with van der Waals surface area (Å²) in [6.07, 6.45) is 3.29. The van der Waals surface area contributed by atoms with Crippen LogP contribution in [0.1, 0.15) is 44.1 Å². The van der Waals surface area contributed by atoms with Crippen molar-refractivity contribution >= 4 is 15.9 Å². The number of benzene rings is 1. The molecule has 2 aliphatic heterocycles. The number of sulfonamides is 1. The monoisotopic (exact) mass is 350 g/mol. The molecule has 4 rings (SSSR count). The third-order valence-electron chi connectivity index (χ3n) is 5.06. The summed E-state index contributed by atoms with van der Waals surface area (Å²) in [5, 5.41) is 2.96. The fourth-order valence-electron chi connectivity index (χ4n) is 3.42. The van der Waals surface area contributed by atoms with Gasteiger partial charge >= 0.3 is 0 Å². The molecule has 2 fully saturated rings. The van der Waals surface area contributed by atoms with Gasteiger partial charge in [0.15, 0.2) is 6.10 Å². The third-order valence-corrected chi connectivity index (χ3v) is 6.96. The standard InChI is InChI=1S/C17H22N2O4S/c1-11-14-10-13(24(21,22)19-8-2-3-9-19)6-7-15(14)23-16(11)17(20)18-12-4-5-12/h6-7,10-12,16H,2-5,8-9H2,1H3,(H,18,20). The molecule has 1 aliphatic carbocycles. The van der Waals surface area contributed by atoms with Gasteiger partial charge in [-0.2, -0.15) is 4.31 Å². The van der Waals surface area contributed by atoms with Crippen LogP contribution >= 0.6 is 0 Å². The largest absolute Gasteiger partial charge is 0.480 e. The maximum Gasteiger partial charge on any atom is 0.261 e. The first kappa shape index (κ1) is 15.9. The van der Waals surface area contributed by atoms with Crippen molar-refractivity contribution in [1.29, 1.82) is 0 Å². The molecule has 1 amide bonds. The first-order valence-corrected chi connectivity index (χ1v) is 10.0. The lowest BCUT2D eigenvalue weighted by atomic mass is 9.97. The van der Waals surface area contributed by atoms with Gasteiger partial charge in [0.2, 0.25) is 10.0 Å². The minimum Gasteiger partial charge on any atom is -0.480 e. The topological polar surface area (TPSA) is 75.7 Å². The van der Waals surface area contributed by atoms with Crippen LogP contribution in [0.3, 0.4) is 0 Å². The summed E-state index contributed by atoms with van der Waals surface area (Å²) < 4.78 is 32.7. The average Bonchev–Trinajstić information content (AvgIpc) is 3.09. The van der Waals surface area contributed by atoms with E-state index in [0.717, 1.165) is 31.2 Å². The minimum absolute atomic E-state index is 0.106. The highest BCUT2D eigenvalue weighted by Crippen LogP contribution is 2.40. The SMILES string of the molecule is CC1c2cc(S(=O)(=O)N3CCCC3)ccc2OC1C(=O)NC1CC1. The fourth-order valence-corrected chi connectivity index (χ4v) is 4.97. The van der Waals surface area contributed by atoms with Gasteiger partial charge in [-0.15, -0.1) is 0 Å². The molecule has 24 heavy (non-hydrogen) atoms. The van der Waals surface area contributed by atoms with E-state index >= 15 is 0 Å². The highest BCUT2D eigenvalue weighted by Gasteiger charge is 2.39. The molecule has 1 saturated heterocycles. The zero-order chi connectivity index (χ0) is 16.9. The number of amides is 1. The van der Waals surface area contributed by atoms with E-state index in [0.29, 0.717) is 23.7 Å². The Hall–Kier alpha value is -1.60. The van der Waals surface area contributed by atoms with Crippen LogP contribution in [0, 0.1) is 0 Å². The van der Waals surface area contributed by atoms with Gasteiger partial charge in [0.05, 0.1) is 4.90 Å². The second kappa shape index (κ2) is 5.74. The average molecular weight is 350 g/mol. The van der Waals surface area contributed by atoms with Crippen LogP contribution in [0.25, 0.3) is 0 Å². The van der Waals surface area contributed by atoms with E-state index < -0.39 is 16.1 Å². The quantitative estimate of drug-likeness (QED) is 0.895. The van der Waals surface area contributed by atoms with Crippen LogP contribution in [0.2, 0.25) is 0 Å². The molecule has 6 nitrogen and oxygen atoms in total. The van der Waals surface area contributed by atoms with Crippen molar-refractivity contribution in [3.05, 3.63) is 23.8 Å². The molecule has 1 aromatic rings. The number of nitrogens with one attached hydrogen (secondary N) is 1. The third kappa shape index (κ3) is 2.69. The van der Waals surface area contributed by atoms with Crippen LogP contribution in [-0.4, -0.2) is 43.9 Å². The number of hydrogen-bond donors (Lipinski definition) is 1. The molecule has 2 heterocycles. The molecule has 0 radical (unpaired) electrons. The first-order valence-electron chi connectivity index (χ1n) is 8.58. The summed E-state index contributed by atoms with van der Waals surface area (Å²) in [6.45, 7) is 3.07. The van der Waals surface area contributed by atoms with Gasteiger partial charge in [0.1, 0.15) is 5.75 Å². The molecule has 2 atom stereocenters. The molecule has 1 aromatic carbocycles. The van der Waals surface area contributed by atoms with E-state index in [1.807, 2.05) is 6.92 Å². The van der Waals surface area contributed by atoms with Crippen molar-refractivity contribution in [3.63, 3.8) is 0 Å². The molecule has 1 N–H and O–H groups in total. The van der Waals surface area contributed by atoms with E-state index in [4.69, 9.17) is 4.74 Å². The van der Waals surface area contributed by atoms with Gasteiger partial charge in [0.25, 0.3) is 5.91 Å². The van der Waals surface area contributed by atoms with Crippen molar-refractivity contribution in [2.75, 3.05) is 13.1 Å². The normalized spacial score (nSPS) is 26.9. The van der Waals surface area contributed by atoms with Gasteiger partial charge in [0, 0.05) is 30.6 Å². The first-order chi connectivity index (χ1) is 11.5. The summed E-state index contributed by atoms with van der Waals surface area (Å²) in [5.41, 5.74) is 0.797. The number of carbonyl (C=O) groups excluding carboxylic acids is 1. The summed E-state index contributed by atoms with van der Waals surface area (Å²) in [7, 11) is -3.45. The summed E-state index contributed by atoms with van der Waals surface area (Å²) in [4.78, 5) is 12.6. The van der Waals surface area contributed by atoms with E-state index in [9.17, 15) is 13.2 Å². The number of ether oxygens (including phenoxy) is 1. The van der Waals surface area contributed by atoms with E-state index in [-0.39, 0.29) is 17.9 Å². The van der Waals surface area contributed by atoms with Gasteiger partial charge < -0.3 is 10.1 Å². The maximum atomic E-state index is 12.7. The number of nitrogens with zero attached hydrogens (tertiary/aromatic N) is 1. The highest BCUT2D eigenvalue weighted by atomic mass is 32.2. The Bertz CT molecular complexity index is 767. The zero-order valence-corrected chi connectivity index (χ0v) is 14.5. The zero-order valence-electron chi connectivity index (χ0n) is 13.7. The number of carbonyl (C=O) groups is 1. The highest BCUT2D eigenvalue weighted by molar-refractivity contribution is 7.89. The summed E-state index contributed by atoms with van der Waals surface area (Å²) >= 11 is 0. The molecule has 130 valence electrons. The Balaban J connectivity index is 1.58. The predicted octanol–water partition coefficient (Wildman–Crippen LogP) is 1.61. The van der Waals surface area contributed by atoms with Crippen molar-refractivity contribution in [3.8, 4) is 5.75 Å². The molecule has 0 aromatic heterocycles. The van der Waals surface area contributed by atoms with Crippen molar-refractivity contribution in [1.82, 2.24) is 9.62 Å². The van der Waals surface area contributed by atoms with Crippen LogP contribution in [-0.2, 0) is 14.8 Å². The van der Waals surface area contributed by atoms with Crippen molar-refractivity contribution in [2.24, 2.45) is 0 Å². The van der Waals surface area contributed by atoms with Crippen LogP contribution in [0.15, 0.2) is 23.1 Å². The van der Waals surface area contributed by atoms with Gasteiger partial charge in [-0.3, -0.25) is 4.79 Å². The smallest absolute Gasteiger partial charge is 0.261 e. The van der Waals surface area contributed by atoms with E-state index in [1.54, 1.807) is 18.2 Å². The van der Waals surface area contributed by atoms with Gasteiger partial charge in [-0.25, -0.2) is 8.42 Å². The second-order valence-corrected chi connectivity index (χ2v) is 8.86. The summed E-state index contributed by atoms with van der Waals surface area (Å²) in [6, 6.07) is 5.22. The summed E-state index contributed by atoms with van der Waals surface area (Å²) in [5.74, 6) is 0.344. The lowest BCUT2D eigenvalue weighted by molar-refractivity contribution is -0.128. The molecular formula is C17H22N2O4S. The second-order valence-electron chi connectivity index (χ2n) is 6.92. The van der Waals surface area contributed by atoms with Crippen molar-refractivity contribution in [2.45, 2.75) is 55.6 Å². The Morgan fingerprint density at radius 1 is 1.25 bits per heavy atom. The number of hydrogen-bond acceptors (Lipinski definition) is 4.